The van der Waals surface area contributed by atoms with Crippen molar-refractivity contribution in [3.8, 4) is 0 Å². The number of nitrogens with zero attached hydrogens (tertiary/aromatic N) is 2. The van der Waals surface area contributed by atoms with Crippen molar-refractivity contribution in [3.05, 3.63) is 86.0 Å². The highest BCUT2D eigenvalue weighted by Crippen LogP contribution is 2.52. The number of carbonyl (C=O) groups is 1. The lowest BCUT2D eigenvalue weighted by molar-refractivity contribution is -0.155. The summed E-state index contributed by atoms with van der Waals surface area (Å²) in [6, 6.07) is 15.6. The highest BCUT2D eigenvalue weighted by atomic mass is 35.5. The lowest BCUT2D eigenvalue weighted by Crippen LogP contribution is -2.56. The molecule has 3 atom stereocenters. The number of piperidine rings is 1. The molecule has 1 amide bonds. The molecule has 8 heteroatoms. The molecule has 0 bridgehead atoms. The van der Waals surface area contributed by atoms with E-state index in [0.29, 0.717) is 28.7 Å². The molecule has 2 heterocycles. The summed E-state index contributed by atoms with van der Waals surface area (Å²) in [5.41, 5.74) is 1.00. The van der Waals surface area contributed by atoms with Crippen LogP contribution in [0.3, 0.4) is 0 Å². The van der Waals surface area contributed by atoms with Gasteiger partial charge in [0.1, 0.15) is 5.82 Å². The van der Waals surface area contributed by atoms with E-state index in [9.17, 15) is 9.59 Å². The van der Waals surface area contributed by atoms with Crippen molar-refractivity contribution in [1.29, 1.82) is 0 Å². The Balaban J connectivity index is 1.88. The van der Waals surface area contributed by atoms with Crippen LogP contribution < -0.4 is 5.69 Å². The van der Waals surface area contributed by atoms with Gasteiger partial charge in [-0.15, -0.1) is 0 Å². The average molecular weight is 501 g/mol. The summed E-state index contributed by atoms with van der Waals surface area (Å²) >= 11 is 12.6. The summed E-state index contributed by atoms with van der Waals surface area (Å²) < 4.78 is 0. The van der Waals surface area contributed by atoms with Gasteiger partial charge < -0.3 is 4.90 Å². The molecule has 1 saturated heterocycles. The minimum Gasteiger partial charge on any atom is -0.332 e. The molecule has 6 nitrogen and oxygen atoms in total. The minimum atomic E-state index is -0.753. The monoisotopic (exact) mass is 500 g/mol. The van der Waals surface area contributed by atoms with E-state index in [1.54, 1.807) is 0 Å². The predicted octanol–water partition coefficient (Wildman–Crippen LogP) is 5.90. The summed E-state index contributed by atoms with van der Waals surface area (Å²) in [7, 11) is 0. The third-order valence-corrected chi connectivity index (χ3v) is 7.52. The number of H-pyrrole nitrogens is 2. The fourth-order valence-electron chi connectivity index (χ4n) is 5.39. The van der Waals surface area contributed by atoms with Gasteiger partial charge in [-0.05, 0) is 54.7 Å². The van der Waals surface area contributed by atoms with Gasteiger partial charge in [0.25, 0.3) is 0 Å². The Morgan fingerprint density at radius 2 is 1.76 bits per heavy atom. The number of halogens is 2. The number of hydrogen-bond acceptors (Lipinski definition) is 3. The molecule has 1 fully saturated rings. The number of carbonyl (C=O) groups excluding carboxylic acids is 1. The molecule has 1 aliphatic heterocycles. The van der Waals surface area contributed by atoms with Gasteiger partial charge in [0.2, 0.25) is 5.91 Å². The third kappa shape index (κ3) is 4.80. The molecule has 2 N–H and O–H groups in total. The number of hydrogen-bond donors (Lipinski definition) is 2. The Morgan fingerprint density at radius 3 is 2.35 bits per heavy atom. The smallest absolute Gasteiger partial charge is 0.332 e. The van der Waals surface area contributed by atoms with Crippen LogP contribution in [-0.4, -0.2) is 32.0 Å². The van der Waals surface area contributed by atoms with Crippen LogP contribution in [0, 0.1) is 5.41 Å². The van der Waals surface area contributed by atoms with Crippen LogP contribution in [-0.2, 0) is 11.2 Å². The van der Waals surface area contributed by atoms with Gasteiger partial charge in [0.05, 0.1) is 11.5 Å². The number of aromatic nitrogens is 3. The molecule has 34 heavy (non-hydrogen) atoms. The van der Waals surface area contributed by atoms with E-state index in [2.05, 4.69) is 40.0 Å². The van der Waals surface area contributed by atoms with E-state index in [0.717, 1.165) is 24.0 Å². The molecule has 0 aliphatic carbocycles. The maximum Gasteiger partial charge on any atom is 0.340 e. The summed E-state index contributed by atoms with van der Waals surface area (Å²) in [4.78, 5) is 30.7. The quantitative estimate of drug-likeness (QED) is 0.423. The van der Waals surface area contributed by atoms with Gasteiger partial charge in [-0.3, -0.25) is 9.78 Å². The van der Waals surface area contributed by atoms with E-state index in [1.165, 1.54) is 0 Å². The first-order valence-electron chi connectivity index (χ1n) is 11.7. The lowest BCUT2D eigenvalue weighted by Gasteiger charge is -2.52. The number of amides is 1. The van der Waals surface area contributed by atoms with E-state index < -0.39 is 5.41 Å². The first-order valence-corrected chi connectivity index (χ1v) is 12.5. The minimum absolute atomic E-state index is 0.00570. The highest BCUT2D eigenvalue weighted by Gasteiger charge is 2.51. The second-order valence-corrected chi connectivity index (χ2v) is 10.3. The second-order valence-electron chi connectivity index (χ2n) is 9.41. The van der Waals surface area contributed by atoms with E-state index in [1.807, 2.05) is 49.4 Å². The standard InChI is InChI=1S/C26H30Cl2N4O2/c1-4-20(5-2)32-23(16-9-11-18(27)12-10-16)21(17-7-6-8-19(28)13-17)14-26(3,24(32)33)15-22-29-25(34)31-30-22/h6-13,20-21,23H,4-5,14-15H2,1-3H3,(H2,29,30,31,34). The van der Waals surface area contributed by atoms with E-state index in [4.69, 9.17) is 23.2 Å². The maximum absolute atomic E-state index is 14.3. The van der Waals surface area contributed by atoms with Crippen LogP contribution in [0.5, 0.6) is 0 Å². The molecular formula is C26H30Cl2N4O2. The molecule has 0 spiro atoms. The summed E-state index contributed by atoms with van der Waals surface area (Å²) in [5, 5.41) is 7.84. The Bertz CT molecular complexity index is 1200. The van der Waals surface area contributed by atoms with E-state index in [-0.39, 0.29) is 29.6 Å². The van der Waals surface area contributed by atoms with Crippen molar-refractivity contribution in [1.82, 2.24) is 20.1 Å². The van der Waals surface area contributed by atoms with Crippen LogP contribution in [0.1, 0.15) is 68.9 Å². The second kappa shape index (κ2) is 9.96. The SMILES string of the molecule is CCC(CC)N1C(=O)C(C)(Cc2n[nH]c(=O)[nH]2)CC(c2cccc(Cl)c2)C1c1ccc(Cl)cc1. The predicted molar refractivity (Wildman–Crippen MR) is 135 cm³/mol. The van der Waals surface area contributed by atoms with Crippen LogP contribution in [0.15, 0.2) is 53.3 Å². The highest BCUT2D eigenvalue weighted by molar-refractivity contribution is 6.30. The lowest BCUT2D eigenvalue weighted by atomic mass is 9.66. The number of benzene rings is 2. The van der Waals surface area contributed by atoms with Crippen molar-refractivity contribution in [2.45, 2.75) is 64.5 Å². The van der Waals surface area contributed by atoms with Crippen molar-refractivity contribution in [3.63, 3.8) is 0 Å². The first kappa shape index (κ1) is 24.6. The molecule has 1 aromatic heterocycles. The number of aromatic amines is 2. The Kier molecular flexibility index (Phi) is 7.20. The Labute approximate surface area is 209 Å². The fraction of sp³-hybridized carbons (Fsp3) is 0.423. The van der Waals surface area contributed by atoms with Crippen molar-refractivity contribution >= 4 is 29.1 Å². The Morgan fingerprint density at radius 1 is 1.06 bits per heavy atom. The zero-order chi connectivity index (χ0) is 24.5. The van der Waals surface area contributed by atoms with Crippen molar-refractivity contribution < 1.29 is 4.79 Å². The van der Waals surface area contributed by atoms with Gasteiger partial charge in [-0.25, -0.2) is 9.89 Å². The third-order valence-electron chi connectivity index (χ3n) is 7.03. The fourth-order valence-corrected chi connectivity index (χ4v) is 5.71. The number of nitrogens with one attached hydrogen (secondary N) is 2. The molecule has 0 saturated carbocycles. The van der Waals surface area contributed by atoms with Gasteiger partial charge in [0, 0.05) is 28.4 Å². The van der Waals surface area contributed by atoms with Gasteiger partial charge in [-0.2, -0.15) is 5.10 Å². The molecule has 180 valence electrons. The van der Waals surface area contributed by atoms with Crippen molar-refractivity contribution in [2.24, 2.45) is 5.41 Å². The van der Waals surface area contributed by atoms with Gasteiger partial charge in [-0.1, -0.05) is 68.2 Å². The molecule has 4 rings (SSSR count). The van der Waals surface area contributed by atoms with E-state index >= 15 is 0 Å². The van der Waals surface area contributed by atoms with Gasteiger partial charge in [0.15, 0.2) is 0 Å². The first-order chi connectivity index (χ1) is 16.3. The van der Waals surface area contributed by atoms with Crippen LogP contribution in [0.2, 0.25) is 10.0 Å². The largest absolute Gasteiger partial charge is 0.340 e. The normalized spacial score (nSPS) is 23.0. The average Bonchev–Trinajstić information content (AvgIpc) is 3.22. The zero-order valence-electron chi connectivity index (χ0n) is 19.6. The Hall–Kier alpha value is -2.57. The van der Waals surface area contributed by atoms with Crippen LogP contribution >= 0.6 is 23.2 Å². The molecule has 3 aromatic rings. The van der Waals surface area contributed by atoms with Crippen LogP contribution in [0.25, 0.3) is 0 Å². The molecule has 3 unspecified atom stereocenters. The molecule has 2 aromatic carbocycles. The number of rotatable bonds is 7. The van der Waals surface area contributed by atoms with Crippen LogP contribution in [0.4, 0.5) is 0 Å². The maximum atomic E-state index is 14.3. The molecular weight excluding hydrogens is 471 g/mol. The van der Waals surface area contributed by atoms with Crippen molar-refractivity contribution in [2.75, 3.05) is 0 Å². The summed E-state index contributed by atoms with van der Waals surface area (Å²) in [6.07, 6.45) is 2.60. The number of likely N-dealkylation sites (tertiary alicyclic amines) is 1. The zero-order valence-corrected chi connectivity index (χ0v) is 21.2. The summed E-state index contributed by atoms with van der Waals surface area (Å²) in [6.45, 7) is 6.21. The van der Waals surface area contributed by atoms with Gasteiger partial charge >= 0.3 is 5.69 Å². The molecule has 1 aliphatic rings. The molecule has 0 radical (unpaired) electrons. The summed E-state index contributed by atoms with van der Waals surface area (Å²) in [5.74, 6) is 0.553. The topological polar surface area (TPSA) is 81.8 Å².